The first-order valence-electron chi connectivity index (χ1n) is 7.71. The highest BCUT2D eigenvalue weighted by atomic mass is 16.3. The Morgan fingerprint density at radius 3 is 2.17 bits per heavy atom. The molecule has 0 aliphatic heterocycles. The summed E-state index contributed by atoms with van der Waals surface area (Å²) in [6.45, 7) is 2.07. The summed E-state index contributed by atoms with van der Waals surface area (Å²) >= 11 is 0. The van der Waals surface area contributed by atoms with Crippen molar-refractivity contribution in [1.29, 1.82) is 0 Å². The zero-order valence-corrected chi connectivity index (χ0v) is 12.9. The number of furan rings is 1. The third kappa shape index (κ3) is 2.49. The van der Waals surface area contributed by atoms with Crippen molar-refractivity contribution >= 4 is 28.0 Å². The Hall–Kier alpha value is -3.00. The minimum absolute atomic E-state index is 0.853. The first kappa shape index (κ1) is 13.6. The van der Waals surface area contributed by atoms with E-state index >= 15 is 0 Å². The number of rotatable bonds is 3. The van der Waals surface area contributed by atoms with Gasteiger partial charge in [-0.3, -0.25) is 4.90 Å². The molecular weight excluding hydrogens is 282 g/mol. The molecule has 2 heteroatoms. The number of nitrogens with zero attached hydrogens (tertiary/aromatic N) is 1. The lowest BCUT2D eigenvalue weighted by Crippen LogP contribution is -2.09. The number of aryl methyl sites for hydroxylation is 1. The number of hydrogen-bond donors (Lipinski definition) is 0. The van der Waals surface area contributed by atoms with Crippen LogP contribution in [0.5, 0.6) is 0 Å². The first-order valence-corrected chi connectivity index (χ1v) is 7.71. The minimum atomic E-state index is 0.853. The van der Waals surface area contributed by atoms with Crippen molar-refractivity contribution < 1.29 is 4.42 Å². The zero-order chi connectivity index (χ0) is 15.6. The number of fused-ring (bicyclic) bond motifs is 1. The summed E-state index contributed by atoms with van der Waals surface area (Å²) in [5.74, 6) is 0.853. The van der Waals surface area contributed by atoms with Crippen LogP contribution in [0.3, 0.4) is 0 Å². The van der Waals surface area contributed by atoms with Crippen LogP contribution in [0.2, 0.25) is 0 Å². The summed E-state index contributed by atoms with van der Waals surface area (Å²) in [7, 11) is 0. The van der Waals surface area contributed by atoms with Crippen LogP contribution in [0.15, 0.2) is 89.5 Å². The molecule has 0 radical (unpaired) electrons. The highest BCUT2D eigenvalue weighted by Crippen LogP contribution is 2.37. The van der Waals surface area contributed by atoms with E-state index in [0.29, 0.717) is 0 Å². The Morgan fingerprint density at radius 1 is 0.696 bits per heavy atom. The summed E-state index contributed by atoms with van der Waals surface area (Å²) in [5, 5.41) is 2.45. The molecule has 4 aromatic rings. The van der Waals surface area contributed by atoms with E-state index in [1.807, 2.05) is 24.3 Å². The molecule has 2 nitrogen and oxygen atoms in total. The molecule has 0 bridgehead atoms. The molecule has 0 fully saturated rings. The van der Waals surface area contributed by atoms with Gasteiger partial charge in [0.25, 0.3) is 0 Å². The maximum atomic E-state index is 5.77. The highest BCUT2D eigenvalue weighted by molar-refractivity contribution is 5.88. The fraction of sp³-hybridized carbons (Fsp3) is 0.0476. The van der Waals surface area contributed by atoms with E-state index in [9.17, 15) is 0 Å². The largest absolute Gasteiger partial charge is 0.448 e. The third-order valence-corrected chi connectivity index (χ3v) is 4.04. The fourth-order valence-corrected chi connectivity index (χ4v) is 2.87. The van der Waals surface area contributed by atoms with E-state index < -0.39 is 0 Å². The lowest BCUT2D eigenvalue weighted by atomic mass is 10.1. The Bertz CT molecular complexity index is 940. The van der Waals surface area contributed by atoms with Crippen molar-refractivity contribution in [3.05, 3.63) is 90.7 Å². The van der Waals surface area contributed by atoms with Crippen molar-refractivity contribution in [2.24, 2.45) is 0 Å². The lowest BCUT2D eigenvalue weighted by molar-refractivity contribution is 0.572. The second-order valence-corrected chi connectivity index (χ2v) is 5.61. The van der Waals surface area contributed by atoms with Gasteiger partial charge in [0, 0.05) is 16.9 Å². The molecule has 4 rings (SSSR count). The molecule has 0 unspecified atom stereocenters. The van der Waals surface area contributed by atoms with Crippen molar-refractivity contribution in [1.82, 2.24) is 0 Å². The molecule has 0 amide bonds. The molecule has 0 saturated carbocycles. The fourth-order valence-electron chi connectivity index (χ4n) is 2.87. The van der Waals surface area contributed by atoms with Crippen LogP contribution >= 0.6 is 0 Å². The molecule has 1 aromatic heterocycles. The molecule has 23 heavy (non-hydrogen) atoms. The smallest absolute Gasteiger partial charge is 0.207 e. The number of benzene rings is 3. The normalized spacial score (nSPS) is 10.8. The van der Waals surface area contributed by atoms with Crippen LogP contribution in [0.25, 0.3) is 10.8 Å². The van der Waals surface area contributed by atoms with Crippen molar-refractivity contribution in [3.8, 4) is 0 Å². The van der Waals surface area contributed by atoms with Gasteiger partial charge in [-0.15, -0.1) is 0 Å². The molecule has 0 N–H and O–H groups in total. The van der Waals surface area contributed by atoms with Gasteiger partial charge < -0.3 is 4.42 Å². The SMILES string of the molecule is Cc1ccoc1N(c1ccccc1)c1ccc2ccccc2c1. The molecule has 0 aliphatic carbocycles. The Morgan fingerprint density at radius 2 is 1.43 bits per heavy atom. The van der Waals surface area contributed by atoms with Gasteiger partial charge in [-0.05, 0) is 48.0 Å². The number of hydrogen-bond acceptors (Lipinski definition) is 2. The molecule has 1 heterocycles. The van der Waals surface area contributed by atoms with Crippen LogP contribution in [-0.2, 0) is 0 Å². The van der Waals surface area contributed by atoms with E-state index in [1.165, 1.54) is 10.8 Å². The number of anilines is 3. The summed E-state index contributed by atoms with van der Waals surface area (Å²) in [4.78, 5) is 2.15. The highest BCUT2D eigenvalue weighted by Gasteiger charge is 2.17. The molecule has 0 atom stereocenters. The summed E-state index contributed by atoms with van der Waals surface area (Å²) in [5.41, 5.74) is 3.29. The maximum Gasteiger partial charge on any atom is 0.207 e. The van der Waals surface area contributed by atoms with Crippen molar-refractivity contribution in [2.45, 2.75) is 6.92 Å². The summed E-state index contributed by atoms with van der Waals surface area (Å²) < 4.78 is 5.77. The predicted octanol–water partition coefficient (Wildman–Crippen LogP) is 6.21. The van der Waals surface area contributed by atoms with E-state index in [-0.39, 0.29) is 0 Å². The molecular formula is C21H17NO. The van der Waals surface area contributed by atoms with Gasteiger partial charge in [-0.25, -0.2) is 0 Å². The van der Waals surface area contributed by atoms with Gasteiger partial charge in [0.05, 0.1) is 6.26 Å². The Kier molecular flexibility index (Phi) is 3.35. The molecule has 0 saturated heterocycles. The quantitative estimate of drug-likeness (QED) is 0.447. The molecule has 112 valence electrons. The van der Waals surface area contributed by atoms with Crippen LogP contribution in [-0.4, -0.2) is 0 Å². The van der Waals surface area contributed by atoms with Crippen LogP contribution in [0, 0.1) is 6.92 Å². The molecule has 3 aromatic carbocycles. The topological polar surface area (TPSA) is 16.4 Å². The van der Waals surface area contributed by atoms with Gasteiger partial charge in [-0.1, -0.05) is 48.5 Å². The van der Waals surface area contributed by atoms with Gasteiger partial charge in [0.1, 0.15) is 0 Å². The van der Waals surface area contributed by atoms with Crippen LogP contribution < -0.4 is 4.90 Å². The average Bonchev–Trinajstić information content (AvgIpc) is 3.02. The Balaban J connectivity index is 1.92. The van der Waals surface area contributed by atoms with E-state index in [0.717, 1.165) is 22.8 Å². The van der Waals surface area contributed by atoms with E-state index in [4.69, 9.17) is 4.42 Å². The van der Waals surface area contributed by atoms with Crippen LogP contribution in [0.4, 0.5) is 17.3 Å². The second kappa shape index (κ2) is 5.65. The van der Waals surface area contributed by atoms with Crippen molar-refractivity contribution in [2.75, 3.05) is 4.90 Å². The molecule has 0 spiro atoms. The molecule has 0 aliphatic rings. The van der Waals surface area contributed by atoms with Gasteiger partial charge >= 0.3 is 0 Å². The van der Waals surface area contributed by atoms with Gasteiger partial charge in [0.15, 0.2) is 0 Å². The Labute approximate surface area is 135 Å². The van der Waals surface area contributed by atoms with Crippen molar-refractivity contribution in [3.63, 3.8) is 0 Å². The third-order valence-electron chi connectivity index (χ3n) is 4.04. The lowest BCUT2D eigenvalue weighted by Gasteiger charge is -2.23. The van der Waals surface area contributed by atoms with Gasteiger partial charge in [-0.2, -0.15) is 0 Å². The maximum absolute atomic E-state index is 5.77. The van der Waals surface area contributed by atoms with E-state index in [2.05, 4.69) is 66.4 Å². The van der Waals surface area contributed by atoms with Gasteiger partial charge in [0.2, 0.25) is 5.88 Å². The number of para-hydroxylation sites is 1. The first-order chi connectivity index (χ1) is 11.3. The average molecular weight is 299 g/mol. The summed E-state index contributed by atoms with van der Waals surface area (Å²) in [6.07, 6.45) is 1.74. The second-order valence-electron chi connectivity index (χ2n) is 5.61. The van der Waals surface area contributed by atoms with Crippen LogP contribution in [0.1, 0.15) is 5.56 Å². The van der Waals surface area contributed by atoms with E-state index in [1.54, 1.807) is 6.26 Å². The standard InChI is InChI=1S/C21H17NO/c1-16-13-14-23-21(16)22(19-9-3-2-4-10-19)20-12-11-17-7-5-6-8-18(17)15-20/h2-15H,1H3. The predicted molar refractivity (Wildman–Crippen MR) is 95.6 cm³/mol. The summed E-state index contributed by atoms with van der Waals surface area (Å²) in [6, 6.07) is 27.2. The zero-order valence-electron chi connectivity index (χ0n) is 12.9. The monoisotopic (exact) mass is 299 g/mol. The minimum Gasteiger partial charge on any atom is -0.448 e.